The van der Waals surface area contributed by atoms with Crippen LogP contribution >= 0.6 is 0 Å². The van der Waals surface area contributed by atoms with Crippen molar-refractivity contribution in [1.29, 1.82) is 0 Å². The lowest BCUT2D eigenvalue weighted by atomic mass is 9.91. The molecule has 0 aliphatic carbocycles. The van der Waals surface area contributed by atoms with Crippen molar-refractivity contribution in [2.75, 3.05) is 13.2 Å². The maximum atomic E-state index is 12.7. The number of rotatable bonds is 3. The fourth-order valence-corrected chi connectivity index (χ4v) is 3.67. The minimum absolute atomic E-state index is 0.0153. The predicted octanol–water partition coefficient (Wildman–Crippen LogP) is 3.58. The number of carbonyl (C=O) groups excluding carboxylic acids is 1. The fraction of sp³-hybridized carbons (Fsp3) is 0.333. The number of aryl methyl sites for hydroxylation is 1. The van der Waals surface area contributed by atoms with Gasteiger partial charge in [-0.05, 0) is 36.1 Å². The Balaban J connectivity index is 1.51. The summed E-state index contributed by atoms with van der Waals surface area (Å²) in [7, 11) is 0. The van der Waals surface area contributed by atoms with Gasteiger partial charge < -0.3 is 9.47 Å². The van der Waals surface area contributed by atoms with Gasteiger partial charge in [-0.1, -0.05) is 42.5 Å². The smallest absolute Gasteiger partial charge is 0.411 e. The number of fused-ring (bicyclic) bond motifs is 2. The highest BCUT2D eigenvalue weighted by Crippen LogP contribution is 2.33. The summed E-state index contributed by atoms with van der Waals surface area (Å²) in [4.78, 5) is 19.1. The van der Waals surface area contributed by atoms with Crippen LogP contribution in [0.15, 0.2) is 54.7 Å². The molecule has 0 radical (unpaired) electrons. The number of amides is 1. The number of carbonyl (C=O) groups is 1. The molecule has 2 aliphatic heterocycles. The van der Waals surface area contributed by atoms with E-state index in [1.165, 1.54) is 5.57 Å². The molecule has 1 fully saturated rings. The first-order valence-corrected chi connectivity index (χ1v) is 8.92. The molecule has 2 bridgehead atoms. The van der Waals surface area contributed by atoms with Crippen LogP contribution in [0.25, 0.3) is 5.57 Å². The summed E-state index contributed by atoms with van der Waals surface area (Å²) in [6.07, 6.45) is 4.37. The normalized spacial score (nSPS) is 21.9. The third-order valence-corrected chi connectivity index (χ3v) is 4.93. The summed E-state index contributed by atoms with van der Waals surface area (Å²) >= 11 is 0. The molecule has 0 saturated carbocycles. The Labute approximate surface area is 153 Å². The molecule has 2 aromatic rings. The molecular weight excluding hydrogens is 328 g/mol. The van der Waals surface area contributed by atoms with Crippen LogP contribution in [0.5, 0.6) is 0 Å². The first kappa shape index (κ1) is 16.8. The van der Waals surface area contributed by atoms with Crippen molar-refractivity contribution in [3.63, 3.8) is 0 Å². The minimum atomic E-state index is -0.278. The van der Waals surface area contributed by atoms with Gasteiger partial charge in [-0.3, -0.25) is 9.88 Å². The summed E-state index contributed by atoms with van der Waals surface area (Å²) in [5.41, 5.74) is 4.34. The molecule has 2 atom stereocenters. The maximum absolute atomic E-state index is 12.7. The van der Waals surface area contributed by atoms with E-state index in [2.05, 4.69) is 24.1 Å². The second-order valence-electron chi connectivity index (χ2n) is 6.77. The molecule has 26 heavy (non-hydrogen) atoms. The number of ether oxygens (including phenoxy) is 2. The molecule has 1 saturated heterocycles. The third-order valence-electron chi connectivity index (χ3n) is 4.93. The van der Waals surface area contributed by atoms with Crippen LogP contribution in [0.2, 0.25) is 0 Å². The van der Waals surface area contributed by atoms with Crippen LogP contribution in [-0.2, 0) is 16.1 Å². The molecule has 5 nitrogen and oxygen atoms in total. The van der Waals surface area contributed by atoms with Crippen LogP contribution in [0.3, 0.4) is 0 Å². The zero-order chi connectivity index (χ0) is 17.9. The van der Waals surface area contributed by atoms with E-state index >= 15 is 0 Å². The molecule has 1 aromatic heterocycles. The molecular formula is C21H22N2O3. The molecule has 134 valence electrons. The van der Waals surface area contributed by atoms with Crippen molar-refractivity contribution in [2.45, 2.75) is 32.0 Å². The number of aromatic nitrogens is 1. The van der Waals surface area contributed by atoms with E-state index in [9.17, 15) is 4.79 Å². The van der Waals surface area contributed by atoms with E-state index in [1.54, 1.807) is 0 Å². The van der Waals surface area contributed by atoms with Gasteiger partial charge in [0.05, 0.1) is 31.0 Å². The molecule has 0 spiro atoms. The van der Waals surface area contributed by atoms with E-state index in [1.807, 2.05) is 47.5 Å². The number of nitrogens with zero attached hydrogens (tertiary/aromatic N) is 2. The summed E-state index contributed by atoms with van der Waals surface area (Å²) in [5, 5.41) is 0. The maximum Gasteiger partial charge on any atom is 0.411 e. The van der Waals surface area contributed by atoms with Crippen LogP contribution in [-0.4, -0.2) is 41.3 Å². The molecule has 0 N–H and O–H groups in total. The number of benzene rings is 1. The Morgan fingerprint density at radius 1 is 1.23 bits per heavy atom. The van der Waals surface area contributed by atoms with E-state index in [-0.39, 0.29) is 24.8 Å². The second-order valence-corrected chi connectivity index (χ2v) is 6.77. The SMILES string of the molecule is Cc1cccnc1C1=CC2COCC(C1)N2C(=O)OCc1ccccc1. The van der Waals surface area contributed by atoms with Crippen LogP contribution in [0.4, 0.5) is 4.79 Å². The van der Waals surface area contributed by atoms with E-state index in [0.29, 0.717) is 13.2 Å². The second kappa shape index (κ2) is 7.30. The van der Waals surface area contributed by atoms with Crippen molar-refractivity contribution >= 4 is 11.7 Å². The standard InChI is InChI=1S/C21H22N2O3/c1-15-6-5-9-22-20(15)17-10-18-13-25-14-19(11-17)23(18)21(24)26-12-16-7-3-2-4-8-16/h2-10,18-19H,11-14H2,1H3. The monoisotopic (exact) mass is 350 g/mol. The molecule has 1 aromatic carbocycles. The Hall–Kier alpha value is -2.66. The van der Waals surface area contributed by atoms with Gasteiger partial charge in [-0.25, -0.2) is 4.79 Å². The molecule has 1 amide bonds. The average Bonchev–Trinajstić information content (AvgIpc) is 2.66. The highest BCUT2D eigenvalue weighted by molar-refractivity contribution is 5.74. The number of hydrogen-bond donors (Lipinski definition) is 0. The zero-order valence-corrected chi connectivity index (χ0v) is 14.8. The van der Waals surface area contributed by atoms with Gasteiger partial charge in [-0.15, -0.1) is 0 Å². The molecule has 2 unspecified atom stereocenters. The number of pyridine rings is 1. The first-order valence-electron chi connectivity index (χ1n) is 8.92. The lowest BCUT2D eigenvalue weighted by Crippen LogP contribution is -2.56. The van der Waals surface area contributed by atoms with Crippen molar-refractivity contribution in [2.24, 2.45) is 0 Å². The van der Waals surface area contributed by atoms with Gasteiger partial charge in [0, 0.05) is 6.20 Å². The Kier molecular flexibility index (Phi) is 4.71. The van der Waals surface area contributed by atoms with Gasteiger partial charge in [0.25, 0.3) is 0 Å². The van der Waals surface area contributed by atoms with Crippen molar-refractivity contribution in [3.8, 4) is 0 Å². The van der Waals surface area contributed by atoms with Crippen molar-refractivity contribution in [3.05, 3.63) is 71.6 Å². The Morgan fingerprint density at radius 2 is 2.08 bits per heavy atom. The minimum Gasteiger partial charge on any atom is -0.445 e. The topological polar surface area (TPSA) is 51.7 Å². The molecule has 5 heteroatoms. The van der Waals surface area contributed by atoms with E-state index < -0.39 is 0 Å². The van der Waals surface area contributed by atoms with Gasteiger partial charge in [0.2, 0.25) is 0 Å². The predicted molar refractivity (Wildman–Crippen MR) is 98.4 cm³/mol. The van der Waals surface area contributed by atoms with Crippen molar-refractivity contribution in [1.82, 2.24) is 9.88 Å². The zero-order valence-electron chi connectivity index (χ0n) is 14.8. The van der Waals surface area contributed by atoms with Gasteiger partial charge in [0.15, 0.2) is 0 Å². The molecule has 4 rings (SSSR count). The van der Waals surface area contributed by atoms with Crippen LogP contribution in [0, 0.1) is 6.92 Å². The lowest BCUT2D eigenvalue weighted by Gasteiger charge is -2.43. The Bertz CT molecular complexity index is 819. The largest absolute Gasteiger partial charge is 0.445 e. The van der Waals surface area contributed by atoms with Gasteiger partial charge >= 0.3 is 6.09 Å². The quantitative estimate of drug-likeness (QED) is 0.849. The first-order chi connectivity index (χ1) is 12.7. The summed E-state index contributed by atoms with van der Waals surface area (Å²) in [6, 6.07) is 13.6. The Morgan fingerprint density at radius 3 is 2.85 bits per heavy atom. The highest BCUT2D eigenvalue weighted by atomic mass is 16.6. The summed E-state index contributed by atoms with van der Waals surface area (Å²) in [6.45, 7) is 3.37. The number of hydrogen-bond acceptors (Lipinski definition) is 4. The number of morpholine rings is 1. The van der Waals surface area contributed by atoms with Crippen molar-refractivity contribution < 1.29 is 14.3 Å². The molecule has 2 aliphatic rings. The van der Waals surface area contributed by atoms with Gasteiger partial charge in [-0.2, -0.15) is 0 Å². The summed E-state index contributed by atoms with van der Waals surface area (Å²) < 4.78 is 11.2. The highest BCUT2D eigenvalue weighted by Gasteiger charge is 2.39. The van der Waals surface area contributed by atoms with Gasteiger partial charge in [0.1, 0.15) is 6.61 Å². The van der Waals surface area contributed by atoms with E-state index in [4.69, 9.17) is 9.47 Å². The van der Waals surface area contributed by atoms with Crippen LogP contribution in [0.1, 0.15) is 23.2 Å². The molecule has 3 heterocycles. The average molecular weight is 350 g/mol. The van der Waals surface area contributed by atoms with E-state index in [0.717, 1.165) is 23.2 Å². The fourth-order valence-electron chi connectivity index (χ4n) is 3.67. The third kappa shape index (κ3) is 3.35. The summed E-state index contributed by atoms with van der Waals surface area (Å²) in [5.74, 6) is 0. The van der Waals surface area contributed by atoms with Crippen LogP contribution < -0.4 is 0 Å². The lowest BCUT2D eigenvalue weighted by molar-refractivity contribution is -0.0342.